The summed E-state index contributed by atoms with van der Waals surface area (Å²) in [5.41, 5.74) is 1.27. The molecule has 0 aromatic carbocycles. The predicted octanol–water partition coefficient (Wildman–Crippen LogP) is 2.88. The molecule has 120 valence electrons. The molecule has 0 aliphatic heterocycles. The number of hydrogen-bond donors (Lipinski definition) is 1. The molecule has 1 fully saturated rings. The van der Waals surface area contributed by atoms with E-state index in [-0.39, 0.29) is 0 Å². The Balaban J connectivity index is 1.64. The van der Waals surface area contributed by atoms with Crippen molar-refractivity contribution in [3.05, 3.63) is 23.7 Å². The highest BCUT2D eigenvalue weighted by Crippen LogP contribution is 2.28. The summed E-state index contributed by atoms with van der Waals surface area (Å²) in [4.78, 5) is 2.30. The Hall–Kier alpha value is -0.840. The first-order chi connectivity index (χ1) is 10.1. The summed E-state index contributed by atoms with van der Waals surface area (Å²) in [6.45, 7) is 9.92. The van der Waals surface area contributed by atoms with Gasteiger partial charge in [0, 0.05) is 25.3 Å². The van der Waals surface area contributed by atoms with Gasteiger partial charge in [0.15, 0.2) is 0 Å². The molecule has 1 saturated carbocycles. The zero-order valence-electron chi connectivity index (χ0n) is 13.7. The monoisotopic (exact) mass is 294 g/mol. The number of nitrogens with one attached hydrogen (secondary N) is 1. The van der Waals surface area contributed by atoms with Crippen molar-refractivity contribution >= 4 is 0 Å². The molecular weight excluding hydrogens is 264 g/mol. The van der Waals surface area contributed by atoms with Gasteiger partial charge >= 0.3 is 0 Å². The van der Waals surface area contributed by atoms with E-state index in [0.717, 1.165) is 51.1 Å². The second-order valence-electron chi connectivity index (χ2n) is 6.65. The maximum absolute atomic E-state index is 5.69. The first-order valence-corrected chi connectivity index (χ1v) is 8.17. The standard InChI is InChI=1S/C17H30N2O2/c1-14(2)10-18-11-17-16(6-8-21-17)12-19(3)7-9-20-13-15-4-5-15/h6,8,14-15,18H,4-5,7,9-13H2,1-3H3. The zero-order valence-corrected chi connectivity index (χ0v) is 13.7. The summed E-state index contributed by atoms with van der Waals surface area (Å²) in [7, 11) is 2.14. The van der Waals surface area contributed by atoms with Gasteiger partial charge < -0.3 is 14.5 Å². The molecule has 2 rings (SSSR count). The van der Waals surface area contributed by atoms with Crippen molar-refractivity contribution in [2.75, 3.05) is 33.4 Å². The Morgan fingerprint density at radius 1 is 1.43 bits per heavy atom. The molecule has 0 spiro atoms. The lowest BCUT2D eigenvalue weighted by Gasteiger charge is -2.16. The van der Waals surface area contributed by atoms with Crippen LogP contribution in [0.4, 0.5) is 0 Å². The largest absolute Gasteiger partial charge is 0.468 e. The normalized spacial score (nSPS) is 15.3. The lowest BCUT2D eigenvalue weighted by Crippen LogP contribution is -2.24. The van der Waals surface area contributed by atoms with Crippen LogP contribution >= 0.6 is 0 Å². The third-order valence-corrected chi connectivity index (χ3v) is 3.78. The quantitative estimate of drug-likeness (QED) is 0.637. The summed E-state index contributed by atoms with van der Waals surface area (Å²) in [6, 6.07) is 2.08. The highest BCUT2D eigenvalue weighted by atomic mass is 16.5. The smallest absolute Gasteiger partial charge is 0.122 e. The van der Waals surface area contributed by atoms with Gasteiger partial charge in [0.05, 0.1) is 19.4 Å². The molecule has 1 aliphatic rings. The number of furan rings is 1. The Morgan fingerprint density at radius 2 is 2.24 bits per heavy atom. The van der Waals surface area contributed by atoms with Gasteiger partial charge in [-0.1, -0.05) is 13.8 Å². The molecule has 1 heterocycles. The van der Waals surface area contributed by atoms with Crippen molar-refractivity contribution in [2.45, 2.75) is 39.8 Å². The average Bonchev–Trinajstić information content (AvgIpc) is 3.16. The van der Waals surface area contributed by atoms with E-state index in [0.29, 0.717) is 5.92 Å². The van der Waals surface area contributed by atoms with Crippen molar-refractivity contribution in [1.29, 1.82) is 0 Å². The molecule has 1 aromatic rings. The van der Waals surface area contributed by atoms with Crippen molar-refractivity contribution in [1.82, 2.24) is 10.2 Å². The van der Waals surface area contributed by atoms with Gasteiger partial charge in [-0.25, -0.2) is 0 Å². The first-order valence-electron chi connectivity index (χ1n) is 8.17. The van der Waals surface area contributed by atoms with Crippen LogP contribution in [0.1, 0.15) is 38.0 Å². The molecule has 0 radical (unpaired) electrons. The summed E-state index contributed by atoms with van der Waals surface area (Å²) >= 11 is 0. The molecule has 1 aromatic heterocycles. The second kappa shape index (κ2) is 8.57. The minimum atomic E-state index is 0.662. The van der Waals surface area contributed by atoms with E-state index in [1.54, 1.807) is 6.26 Å². The summed E-state index contributed by atoms with van der Waals surface area (Å²) in [5, 5.41) is 3.44. The van der Waals surface area contributed by atoms with Gasteiger partial charge in [-0.05, 0) is 44.3 Å². The van der Waals surface area contributed by atoms with Gasteiger partial charge in [-0.15, -0.1) is 0 Å². The molecule has 0 bridgehead atoms. The van der Waals surface area contributed by atoms with Gasteiger partial charge in [0.1, 0.15) is 5.76 Å². The fraction of sp³-hybridized carbons (Fsp3) is 0.765. The van der Waals surface area contributed by atoms with Crippen LogP contribution in [-0.4, -0.2) is 38.3 Å². The van der Waals surface area contributed by atoms with Crippen LogP contribution in [0.25, 0.3) is 0 Å². The number of hydrogen-bond acceptors (Lipinski definition) is 4. The minimum absolute atomic E-state index is 0.662. The van der Waals surface area contributed by atoms with Crippen LogP contribution in [0.5, 0.6) is 0 Å². The lowest BCUT2D eigenvalue weighted by atomic mass is 10.2. The van der Waals surface area contributed by atoms with E-state index in [1.165, 1.54) is 18.4 Å². The van der Waals surface area contributed by atoms with Gasteiger partial charge in [0.2, 0.25) is 0 Å². The van der Waals surface area contributed by atoms with Crippen molar-refractivity contribution in [2.24, 2.45) is 11.8 Å². The maximum atomic E-state index is 5.69. The lowest BCUT2D eigenvalue weighted by molar-refractivity contribution is 0.102. The highest BCUT2D eigenvalue weighted by molar-refractivity contribution is 5.16. The molecule has 0 atom stereocenters. The van der Waals surface area contributed by atoms with Crippen molar-refractivity contribution in [3.63, 3.8) is 0 Å². The molecule has 21 heavy (non-hydrogen) atoms. The van der Waals surface area contributed by atoms with Gasteiger partial charge in [-0.3, -0.25) is 4.90 Å². The van der Waals surface area contributed by atoms with Crippen LogP contribution in [-0.2, 0) is 17.8 Å². The van der Waals surface area contributed by atoms with Crippen LogP contribution < -0.4 is 5.32 Å². The van der Waals surface area contributed by atoms with E-state index in [2.05, 4.69) is 37.2 Å². The predicted molar refractivity (Wildman–Crippen MR) is 85.1 cm³/mol. The van der Waals surface area contributed by atoms with Crippen molar-refractivity contribution in [3.8, 4) is 0 Å². The molecule has 0 saturated heterocycles. The first kappa shape index (κ1) is 16.5. The van der Waals surface area contributed by atoms with E-state index >= 15 is 0 Å². The maximum Gasteiger partial charge on any atom is 0.122 e. The van der Waals surface area contributed by atoms with Gasteiger partial charge in [0.25, 0.3) is 0 Å². The molecule has 1 N–H and O–H groups in total. The van der Waals surface area contributed by atoms with Crippen LogP contribution in [0, 0.1) is 11.8 Å². The average molecular weight is 294 g/mol. The highest BCUT2D eigenvalue weighted by Gasteiger charge is 2.21. The van der Waals surface area contributed by atoms with E-state index in [1.807, 2.05) is 0 Å². The van der Waals surface area contributed by atoms with Gasteiger partial charge in [-0.2, -0.15) is 0 Å². The third-order valence-electron chi connectivity index (χ3n) is 3.78. The Morgan fingerprint density at radius 3 is 2.95 bits per heavy atom. The summed E-state index contributed by atoms with van der Waals surface area (Å²) in [5.74, 6) is 2.57. The molecule has 0 amide bonds. The summed E-state index contributed by atoms with van der Waals surface area (Å²) < 4.78 is 11.3. The molecule has 4 nitrogen and oxygen atoms in total. The fourth-order valence-corrected chi connectivity index (χ4v) is 2.26. The topological polar surface area (TPSA) is 37.6 Å². The molecule has 4 heteroatoms. The number of nitrogens with zero attached hydrogens (tertiary/aromatic N) is 1. The van der Waals surface area contributed by atoms with E-state index in [9.17, 15) is 0 Å². The zero-order chi connectivity index (χ0) is 15.1. The Kier molecular flexibility index (Phi) is 6.74. The fourth-order valence-electron chi connectivity index (χ4n) is 2.26. The molecular formula is C17H30N2O2. The van der Waals surface area contributed by atoms with E-state index < -0.39 is 0 Å². The van der Waals surface area contributed by atoms with Crippen LogP contribution in [0.3, 0.4) is 0 Å². The number of ether oxygens (including phenoxy) is 1. The van der Waals surface area contributed by atoms with Crippen LogP contribution in [0.15, 0.2) is 16.7 Å². The molecule has 1 aliphatic carbocycles. The second-order valence-corrected chi connectivity index (χ2v) is 6.65. The van der Waals surface area contributed by atoms with Crippen LogP contribution in [0.2, 0.25) is 0 Å². The number of likely N-dealkylation sites (N-methyl/N-ethyl adjacent to an activating group) is 1. The van der Waals surface area contributed by atoms with Crippen molar-refractivity contribution < 1.29 is 9.15 Å². The third kappa shape index (κ3) is 6.64. The molecule has 0 unspecified atom stereocenters. The Bertz CT molecular complexity index is 399. The summed E-state index contributed by atoms with van der Waals surface area (Å²) in [6.07, 6.45) is 4.51. The van der Waals surface area contributed by atoms with E-state index in [4.69, 9.17) is 9.15 Å². The number of rotatable bonds is 11. The minimum Gasteiger partial charge on any atom is -0.468 e. The SMILES string of the molecule is CC(C)CNCc1occc1CN(C)CCOCC1CC1. The Labute approximate surface area is 128 Å².